The standard InChI is InChI=1S/C35H25ClN10O14S3/c36-24-11-9-21(62(53,54)55)14-26(24)37-33-39-34(41-35(40-33)46-12-4-7-19(17-46)31(48)49)38-27-15-22(63(56,57)58)16-28(29(27)47)43-45-30(18-5-2-1-3-6-18)44-42-25-13-20(61-60-59-52)8-10-23(25)32(50)51/h1-17H,(H8-,37,38,39,40,41,42,43,44,45,47,48,49,50,51,52,53,54,55,56,57,58)/p+1. The topological polar surface area (TPSA) is 358 Å². The van der Waals surface area contributed by atoms with Crippen molar-refractivity contribution in [1.29, 1.82) is 0 Å². The van der Waals surface area contributed by atoms with Gasteiger partial charge in [0, 0.05) is 10.5 Å². The quantitative estimate of drug-likeness (QED) is 0.00630. The summed E-state index contributed by atoms with van der Waals surface area (Å²) in [6.45, 7) is 0. The normalized spacial score (nSPS) is 12.0. The van der Waals surface area contributed by atoms with Crippen molar-refractivity contribution in [3.63, 3.8) is 0 Å². The summed E-state index contributed by atoms with van der Waals surface area (Å²) in [7, 11) is -9.74. The number of nitrogens with zero attached hydrogens (tertiary/aromatic N) is 7. The molecule has 6 aromatic rings. The Bertz CT molecular complexity index is 3040. The van der Waals surface area contributed by atoms with Crippen LogP contribution in [0.2, 0.25) is 5.02 Å². The second kappa shape index (κ2) is 19.2. The lowest BCUT2D eigenvalue weighted by atomic mass is 10.2. The van der Waals surface area contributed by atoms with Crippen molar-refractivity contribution < 1.29 is 70.0 Å². The third kappa shape index (κ3) is 11.6. The first-order chi connectivity index (χ1) is 29.9. The summed E-state index contributed by atoms with van der Waals surface area (Å²) in [5, 5.41) is 60.4. The number of phenols is 1. The van der Waals surface area contributed by atoms with Gasteiger partial charge in [0.15, 0.2) is 5.75 Å². The van der Waals surface area contributed by atoms with Gasteiger partial charge >= 0.3 is 29.8 Å². The molecule has 0 bridgehead atoms. The van der Waals surface area contributed by atoms with E-state index in [-0.39, 0.29) is 55.7 Å². The zero-order valence-electron chi connectivity index (χ0n) is 31.0. The van der Waals surface area contributed by atoms with Crippen LogP contribution in [-0.2, 0) is 29.6 Å². The molecule has 24 nitrogen and oxygen atoms in total. The molecule has 2 heterocycles. The minimum Gasteiger partial charge on any atom is -0.504 e. The minimum absolute atomic E-state index is 0.0684. The van der Waals surface area contributed by atoms with Crippen LogP contribution in [0.3, 0.4) is 0 Å². The number of anilines is 5. The molecule has 0 saturated heterocycles. The fourth-order valence-electron chi connectivity index (χ4n) is 5.08. The Morgan fingerprint density at radius 3 is 2.06 bits per heavy atom. The number of aromatic hydroxyl groups is 1. The number of pyridine rings is 1. The molecule has 0 amide bonds. The number of aromatic carboxylic acids is 2. The van der Waals surface area contributed by atoms with Crippen LogP contribution < -0.4 is 20.6 Å². The molecule has 0 aliphatic rings. The summed E-state index contributed by atoms with van der Waals surface area (Å²) >= 11 is 6.80. The number of benzene rings is 4. The van der Waals surface area contributed by atoms with Gasteiger partial charge in [0.25, 0.3) is 20.2 Å². The van der Waals surface area contributed by atoms with Crippen molar-refractivity contribution in [3.05, 3.63) is 125 Å². The van der Waals surface area contributed by atoms with Gasteiger partial charge in [-0.05, 0) is 70.6 Å². The highest BCUT2D eigenvalue weighted by Gasteiger charge is 2.24. The number of rotatable bonds is 16. The molecule has 0 unspecified atom stereocenters. The zero-order valence-corrected chi connectivity index (χ0v) is 34.2. The van der Waals surface area contributed by atoms with E-state index in [0.29, 0.717) is 12.0 Å². The molecule has 28 heteroatoms. The van der Waals surface area contributed by atoms with Crippen LogP contribution in [0, 0.1) is 0 Å². The smallest absolute Gasteiger partial charge is 0.444 e. The monoisotopic (exact) mass is 941 g/mol. The number of hydrogen-bond acceptors (Lipinski definition) is 19. The first kappa shape index (κ1) is 45.3. The predicted octanol–water partition coefficient (Wildman–Crippen LogP) is 5.87. The molecule has 0 radical (unpaired) electrons. The Kier molecular flexibility index (Phi) is 13.8. The molecule has 0 saturated carbocycles. The highest BCUT2D eigenvalue weighted by atomic mass is 35.5. The Labute approximate surface area is 362 Å². The maximum absolute atomic E-state index is 12.5. The number of phenolic OH excluding ortho intramolecular Hbond substituents is 1. The van der Waals surface area contributed by atoms with E-state index in [1.807, 2.05) is 0 Å². The van der Waals surface area contributed by atoms with Gasteiger partial charge in [0.2, 0.25) is 5.84 Å². The summed E-state index contributed by atoms with van der Waals surface area (Å²) in [4.78, 5) is 35.3. The van der Waals surface area contributed by atoms with Crippen molar-refractivity contribution in [1.82, 2.24) is 15.0 Å². The van der Waals surface area contributed by atoms with Crippen LogP contribution in [0.15, 0.2) is 133 Å². The van der Waals surface area contributed by atoms with Crippen LogP contribution in [0.1, 0.15) is 26.3 Å². The lowest BCUT2D eigenvalue weighted by Crippen LogP contribution is -2.34. The molecule has 324 valence electrons. The van der Waals surface area contributed by atoms with Crippen LogP contribution in [0.25, 0.3) is 5.95 Å². The van der Waals surface area contributed by atoms with E-state index in [4.69, 9.17) is 16.9 Å². The average Bonchev–Trinajstić information content (AvgIpc) is 3.24. The molecule has 2 aromatic heterocycles. The van der Waals surface area contributed by atoms with Gasteiger partial charge in [-0.15, -0.1) is 19.5 Å². The number of aromatic nitrogens is 4. The second-order valence-corrected chi connectivity index (χ2v) is 16.1. The number of halogens is 1. The third-order valence-corrected chi connectivity index (χ3v) is 10.5. The van der Waals surface area contributed by atoms with Crippen molar-refractivity contribution in [2.45, 2.75) is 14.7 Å². The average molecular weight is 942 g/mol. The third-order valence-electron chi connectivity index (χ3n) is 7.94. The maximum atomic E-state index is 12.5. The number of hydrazone groups is 1. The molecule has 0 fully saturated rings. The molecular weight excluding hydrogens is 916 g/mol. The van der Waals surface area contributed by atoms with Gasteiger partial charge in [-0.3, -0.25) is 14.5 Å². The largest absolute Gasteiger partial charge is 0.504 e. The number of nitrogens with one attached hydrogen (secondary N) is 3. The van der Waals surface area contributed by atoms with Crippen LogP contribution in [0.4, 0.5) is 34.6 Å². The van der Waals surface area contributed by atoms with E-state index in [1.165, 1.54) is 48.7 Å². The molecule has 6 rings (SSSR count). The number of azo groups is 1. The number of carboxylic acids is 2. The van der Waals surface area contributed by atoms with E-state index in [2.05, 4.69) is 55.7 Å². The van der Waals surface area contributed by atoms with E-state index < -0.39 is 65.0 Å². The first-order valence-electron chi connectivity index (χ1n) is 16.9. The van der Waals surface area contributed by atoms with Gasteiger partial charge in [-0.2, -0.15) is 21.9 Å². The maximum Gasteiger partial charge on any atom is 0.444 e. The van der Waals surface area contributed by atoms with Crippen LogP contribution >= 0.6 is 23.6 Å². The summed E-state index contributed by atoms with van der Waals surface area (Å²) in [5.41, 5.74) is 0.931. The SMILES string of the molecule is O=C(O)c1ccc[n+](-c2nc(Nc3cc(S(=O)(=O)O)ccc3Cl)nc(Nc3cc(S(=O)(=O)O)cc(N/N=C(\N=Nc4cc(SOOO)ccc4C(=O)O)c4ccccc4)c3O)n2)c1. The Hall–Kier alpha value is -7.21. The Morgan fingerprint density at radius 2 is 1.41 bits per heavy atom. The summed E-state index contributed by atoms with van der Waals surface area (Å²) in [5.74, 6) is -4.86. The Morgan fingerprint density at radius 1 is 0.762 bits per heavy atom. The summed E-state index contributed by atoms with van der Waals surface area (Å²) in [6, 6.07) is 19.1. The van der Waals surface area contributed by atoms with Gasteiger partial charge in [0.1, 0.15) is 11.4 Å². The fourth-order valence-corrected chi connectivity index (χ4v) is 6.68. The van der Waals surface area contributed by atoms with Crippen molar-refractivity contribution in [2.24, 2.45) is 15.3 Å². The van der Waals surface area contributed by atoms with E-state index in [1.54, 1.807) is 18.2 Å². The lowest BCUT2D eigenvalue weighted by Gasteiger charge is -2.13. The van der Waals surface area contributed by atoms with Gasteiger partial charge in [0.05, 0.1) is 61.8 Å². The predicted molar refractivity (Wildman–Crippen MR) is 219 cm³/mol. The highest BCUT2D eigenvalue weighted by Crippen LogP contribution is 2.37. The van der Waals surface area contributed by atoms with Crippen molar-refractivity contribution in [3.8, 4) is 11.7 Å². The molecule has 0 aliphatic heterocycles. The number of amidine groups is 1. The van der Waals surface area contributed by atoms with Crippen molar-refractivity contribution in [2.75, 3.05) is 16.1 Å². The first-order valence-corrected chi connectivity index (χ1v) is 20.9. The van der Waals surface area contributed by atoms with Crippen molar-refractivity contribution >= 4 is 96.3 Å². The van der Waals surface area contributed by atoms with E-state index in [9.17, 15) is 50.8 Å². The molecule has 9 N–H and O–H groups in total. The molecule has 0 atom stereocenters. The van der Waals surface area contributed by atoms with E-state index >= 15 is 0 Å². The highest BCUT2D eigenvalue weighted by molar-refractivity contribution is 7.94. The van der Waals surface area contributed by atoms with Crippen LogP contribution in [0.5, 0.6) is 5.75 Å². The fraction of sp³-hybridized carbons (Fsp3) is 0. The summed E-state index contributed by atoms with van der Waals surface area (Å²) < 4.78 is 74.0. The molecule has 4 aromatic carbocycles. The summed E-state index contributed by atoms with van der Waals surface area (Å²) in [6.07, 6.45) is 2.49. The number of carbonyl (C=O) groups is 2. The molecule has 63 heavy (non-hydrogen) atoms. The van der Waals surface area contributed by atoms with Gasteiger partial charge in [-0.1, -0.05) is 47.0 Å². The molecular formula is C35H26ClN10O14S3+. The number of carboxylic acid groups (broad SMARTS) is 2. The zero-order chi connectivity index (χ0) is 45.5. The minimum atomic E-state index is -5.03. The van der Waals surface area contributed by atoms with Gasteiger partial charge < -0.3 is 26.0 Å². The van der Waals surface area contributed by atoms with E-state index in [0.717, 1.165) is 41.1 Å². The molecule has 0 spiro atoms. The number of hydrogen-bond donors (Lipinski definition) is 9. The van der Waals surface area contributed by atoms with Crippen LogP contribution in [-0.4, -0.2) is 79.2 Å². The molecule has 0 aliphatic carbocycles. The van der Waals surface area contributed by atoms with Gasteiger partial charge in [-0.25, -0.2) is 19.4 Å². The Balaban J connectivity index is 1.44. The second-order valence-electron chi connectivity index (χ2n) is 12.1. The lowest BCUT2D eigenvalue weighted by molar-refractivity contribution is -0.603.